The first-order valence-electron chi connectivity index (χ1n) is 5.79. The number of aliphatic hydroxyl groups excluding tert-OH is 1. The fraction of sp³-hybridized carbons (Fsp3) is 0.200. The van der Waals surface area contributed by atoms with Gasteiger partial charge < -0.3 is 14.9 Å². The summed E-state index contributed by atoms with van der Waals surface area (Å²) in [6.45, 7) is 0. The molecule has 0 saturated heterocycles. The molecule has 1 unspecified atom stereocenters. The summed E-state index contributed by atoms with van der Waals surface area (Å²) in [5.41, 5.74) is 1.80. The van der Waals surface area contributed by atoms with Crippen LogP contribution in [-0.2, 0) is 6.42 Å². The molecule has 2 rings (SSSR count). The minimum absolute atomic E-state index is 0.231. The van der Waals surface area contributed by atoms with Gasteiger partial charge in [-0.2, -0.15) is 0 Å². The molecule has 0 saturated carbocycles. The van der Waals surface area contributed by atoms with Gasteiger partial charge in [0.15, 0.2) is 0 Å². The highest BCUT2D eigenvalue weighted by atomic mass is 16.5. The lowest BCUT2D eigenvalue weighted by atomic mass is 10.0. The summed E-state index contributed by atoms with van der Waals surface area (Å²) in [5.74, 6) is 0.965. The van der Waals surface area contributed by atoms with E-state index in [1.54, 1.807) is 31.4 Å². The van der Waals surface area contributed by atoms with Crippen molar-refractivity contribution in [1.82, 2.24) is 0 Å². The molecule has 0 aliphatic heterocycles. The number of phenols is 1. The Morgan fingerprint density at radius 1 is 1.11 bits per heavy atom. The van der Waals surface area contributed by atoms with E-state index in [1.807, 2.05) is 24.3 Å². The average molecular weight is 244 g/mol. The minimum atomic E-state index is -0.579. The van der Waals surface area contributed by atoms with Crippen molar-refractivity contribution in [1.29, 1.82) is 0 Å². The summed E-state index contributed by atoms with van der Waals surface area (Å²) in [4.78, 5) is 0. The van der Waals surface area contributed by atoms with Gasteiger partial charge in [0.05, 0.1) is 13.2 Å². The van der Waals surface area contributed by atoms with Gasteiger partial charge in [-0.15, -0.1) is 0 Å². The molecule has 0 heterocycles. The summed E-state index contributed by atoms with van der Waals surface area (Å²) in [5, 5.41) is 19.3. The number of hydrogen-bond acceptors (Lipinski definition) is 3. The fourth-order valence-corrected chi connectivity index (χ4v) is 1.82. The molecular weight excluding hydrogens is 228 g/mol. The zero-order chi connectivity index (χ0) is 13.0. The Morgan fingerprint density at radius 3 is 2.50 bits per heavy atom. The highest BCUT2D eigenvalue weighted by Crippen LogP contribution is 2.23. The van der Waals surface area contributed by atoms with E-state index in [-0.39, 0.29) is 5.75 Å². The average Bonchev–Trinajstić information content (AvgIpc) is 2.41. The van der Waals surface area contributed by atoms with Gasteiger partial charge in [-0.1, -0.05) is 24.3 Å². The predicted octanol–water partition coefficient (Wildman–Crippen LogP) is 2.68. The van der Waals surface area contributed by atoms with Gasteiger partial charge in [0, 0.05) is 6.42 Å². The van der Waals surface area contributed by atoms with Crippen molar-refractivity contribution >= 4 is 0 Å². The molecule has 0 amide bonds. The van der Waals surface area contributed by atoms with Crippen LogP contribution in [-0.4, -0.2) is 17.3 Å². The molecule has 3 heteroatoms. The van der Waals surface area contributed by atoms with Crippen molar-refractivity contribution in [3.63, 3.8) is 0 Å². The maximum absolute atomic E-state index is 10.1. The van der Waals surface area contributed by atoms with Crippen LogP contribution in [0.15, 0.2) is 48.5 Å². The normalized spacial score (nSPS) is 12.1. The lowest BCUT2D eigenvalue weighted by Crippen LogP contribution is -2.01. The molecule has 2 aromatic rings. The van der Waals surface area contributed by atoms with Gasteiger partial charge in [-0.05, 0) is 35.4 Å². The Balaban J connectivity index is 2.11. The summed E-state index contributed by atoms with van der Waals surface area (Å²) in [6.07, 6.45) is -0.0716. The number of rotatable bonds is 4. The molecule has 2 N–H and O–H groups in total. The molecular formula is C15H16O3. The van der Waals surface area contributed by atoms with Gasteiger partial charge in [-0.3, -0.25) is 0 Å². The molecule has 0 spiro atoms. The third-order valence-corrected chi connectivity index (χ3v) is 2.84. The Kier molecular flexibility index (Phi) is 3.85. The van der Waals surface area contributed by atoms with Crippen LogP contribution in [0, 0.1) is 0 Å². The molecule has 94 valence electrons. The number of hydrogen-bond donors (Lipinski definition) is 2. The molecule has 0 aliphatic rings. The van der Waals surface area contributed by atoms with Crippen LogP contribution < -0.4 is 4.74 Å². The van der Waals surface area contributed by atoms with Crippen molar-refractivity contribution in [2.45, 2.75) is 12.5 Å². The molecule has 1 atom stereocenters. The second kappa shape index (κ2) is 5.56. The quantitative estimate of drug-likeness (QED) is 0.869. The predicted molar refractivity (Wildman–Crippen MR) is 69.8 cm³/mol. The van der Waals surface area contributed by atoms with E-state index in [0.29, 0.717) is 6.42 Å². The lowest BCUT2D eigenvalue weighted by molar-refractivity contribution is 0.178. The van der Waals surface area contributed by atoms with Crippen LogP contribution in [0.3, 0.4) is 0 Å². The van der Waals surface area contributed by atoms with Crippen molar-refractivity contribution < 1.29 is 14.9 Å². The van der Waals surface area contributed by atoms with Gasteiger partial charge in [0.25, 0.3) is 0 Å². The highest BCUT2D eigenvalue weighted by molar-refractivity contribution is 5.32. The molecule has 0 bridgehead atoms. The van der Waals surface area contributed by atoms with Crippen molar-refractivity contribution in [2.75, 3.05) is 7.11 Å². The highest BCUT2D eigenvalue weighted by Gasteiger charge is 2.09. The monoisotopic (exact) mass is 244 g/mol. The standard InChI is InChI=1S/C15H16O3/c1-18-14-4-2-3-12(10-14)15(17)9-11-5-7-13(16)8-6-11/h2-8,10,15-17H,9H2,1H3. The van der Waals surface area contributed by atoms with Crippen molar-refractivity contribution in [3.8, 4) is 11.5 Å². The smallest absolute Gasteiger partial charge is 0.119 e. The fourth-order valence-electron chi connectivity index (χ4n) is 1.82. The van der Waals surface area contributed by atoms with Crippen LogP contribution >= 0.6 is 0 Å². The third-order valence-electron chi connectivity index (χ3n) is 2.84. The van der Waals surface area contributed by atoms with Crippen LogP contribution in [0.1, 0.15) is 17.2 Å². The van der Waals surface area contributed by atoms with E-state index in [1.165, 1.54) is 0 Å². The van der Waals surface area contributed by atoms with E-state index in [0.717, 1.165) is 16.9 Å². The van der Waals surface area contributed by atoms with Crippen molar-refractivity contribution in [3.05, 3.63) is 59.7 Å². The van der Waals surface area contributed by atoms with E-state index in [4.69, 9.17) is 4.74 Å². The molecule has 2 aromatic carbocycles. The second-order valence-corrected chi connectivity index (χ2v) is 4.16. The van der Waals surface area contributed by atoms with Crippen LogP contribution in [0.4, 0.5) is 0 Å². The molecule has 18 heavy (non-hydrogen) atoms. The Morgan fingerprint density at radius 2 is 1.83 bits per heavy atom. The molecule has 0 aromatic heterocycles. The molecule has 0 fully saturated rings. The second-order valence-electron chi connectivity index (χ2n) is 4.16. The Hall–Kier alpha value is -2.00. The van der Waals surface area contributed by atoms with Gasteiger partial charge in [-0.25, -0.2) is 0 Å². The van der Waals surface area contributed by atoms with E-state index >= 15 is 0 Å². The van der Waals surface area contributed by atoms with Crippen LogP contribution in [0.25, 0.3) is 0 Å². The summed E-state index contributed by atoms with van der Waals surface area (Å²) >= 11 is 0. The van der Waals surface area contributed by atoms with Crippen LogP contribution in [0.2, 0.25) is 0 Å². The maximum Gasteiger partial charge on any atom is 0.119 e. The first-order valence-corrected chi connectivity index (χ1v) is 5.79. The summed E-state index contributed by atoms with van der Waals surface area (Å²) < 4.78 is 5.13. The number of ether oxygens (including phenoxy) is 1. The zero-order valence-corrected chi connectivity index (χ0v) is 10.2. The molecule has 0 aliphatic carbocycles. The van der Waals surface area contributed by atoms with Gasteiger partial charge in [0.1, 0.15) is 11.5 Å². The lowest BCUT2D eigenvalue weighted by Gasteiger charge is -2.12. The maximum atomic E-state index is 10.1. The Bertz CT molecular complexity index is 505. The number of aliphatic hydroxyl groups is 1. The van der Waals surface area contributed by atoms with Crippen molar-refractivity contribution in [2.24, 2.45) is 0 Å². The van der Waals surface area contributed by atoms with E-state index in [2.05, 4.69) is 0 Å². The van der Waals surface area contributed by atoms with E-state index in [9.17, 15) is 10.2 Å². The van der Waals surface area contributed by atoms with Gasteiger partial charge in [0.2, 0.25) is 0 Å². The van der Waals surface area contributed by atoms with E-state index < -0.39 is 6.10 Å². The van der Waals surface area contributed by atoms with Gasteiger partial charge >= 0.3 is 0 Å². The zero-order valence-electron chi connectivity index (χ0n) is 10.2. The number of phenolic OH excluding ortho intramolecular Hbond substituents is 1. The first kappa shape index (κ1) is 12.5. The topological polar surface area (TPSA) is 49.7 Å². The SMILES string of the molecule is COc1cccc(C(O)Cc2ccc(O)cc2)c1. The number of methoxy groups -OCH3 is 1. The molecule has 0 radical (unpaired) electrons. The molecule has 3 nitrogen and oxygen atoms in total. The first-order chi connectivity index (χ1) is 8.69. The third kappa shape index (κ3) is 3.02. The largest absolute Gasteiger partial charge is 0.508 e. The number of benzene rings is 2. The summed E-state index contributed by atoms with van der Waals surface area (Å²) in [7, 11) is 1.60. The summed E-state index contributed by atoms with van der Waals surface area (Å²) in [6, 6.07) is 14.2. The number of aromatic hydroxyl groups is 1. The Labute approximate surface area is 106 Å². The minimum Gasteiger partial charge on any atom is -0.508 e. The van der Waals surface area contributed by atoms with Crippen LogP contribution in [0.5, 0.6) is 11.5 Å².